The van der Waals surface area contributed by atoms with Crippen LogP contribution in [0.25, 0.3) is 0 Å². The number of methoxy groups -OCH3 is 1. The van der Waals surface area contributed by atoms with Crippen LogP contribution in [0.5, 0.6) is 11.5 Å². The van der Waals surface area contributed by atoms with Gasteiger partial charge in [0.1, 0.15) is 17.6 Å². The van der Waals surface area contributed by atoms with E-state index < -0.39 is 0 Å². The zero-order chi connectivity index (χ0) is 18.1. The molecule has 2 N–H and O–H groups in total. The number of aromatic nitrogens is 2. The summed E-state index contributed by atoms with van der Waals surface area (Å²) < 4.78 is 12.9. The largest absolute Gasteiger partial charge is 0.497 e. The van der Waals surface area contributed by atoms with Crippen molar-refractivity contribution in [1.82, 2.24) is 20.4 Å². The highest BCUT2D eigenvalue weighted by atomic mass is 16.5. The summed E-state index contributed by atoms with van der Waals surface area (Å²) in [4.78, 5) is 4.58. The molecule has 0 saturated carbocycles. The van der Waals surface area contributed by atoms with Crippen molar-refractivity contribution in [2.45, 2.75) is 26.5 Å². The molecular weight excluding hydrogens is 318 g/mol. The molecule has 136 valence electrons. The normalized spacial score (nSPS) is 12.6. The molecule has 0 aliphatic carbocycles. The summed E-state index contributed by atoms with van der Waals surface area (Å²) in [5.74, 6) is 2.32. The lowest BCUT2D eigenvalue weighted by Gasteiger charge is -2.18. The van der Waals surface area contributed by atoms with Crippen LogP contribution in [0, 0.1) is 0 Å². The number of benzene rings is 1. The zero-order valence-electron chi connectivity index (χ0n) is 15.3. The van der Waals surface area contributed by atoms with Crippen LogP contribution < -0.4 is 20.1 Å². The van der Waals surface area contributed by atoms with E-state index in [1.54, 1.807) is 13.3 Å². The lowest BCUT2D eigenvalue weighted by molar-refractivity contribution is 0.223. The van der Waals surface area contributed by atoms with Crippen LogP contribution in [-0.2, 0) is 13.6 Å². The summed E-state index contributed by atoms with van der Waals surface area (Å²) in [5.41, 5.74) is 1.05. The third-order valence-electron chi connectivity index (χ3n) is 3.60. The molecule has 2 aromatic rings. The van der Waals surface area contributed by atoms with E-state index in [0.29, 0.717) is 13.1 Å². The fourth-order valence-electron chi connectivity index (χ4n) is 2.25. The zero-order valence-corrected chi connectivity index (χ0v) is 15.3. The van der Waals surface area contributed by atoms with Crippen LogP contribution in [0.15, 0.2) is 41.5 Å². The van der Waals surface area contributed by atoms with Crippen molar-refractivity contribution in [2.75, 3.05) is 20.2 Å². The number of aryl methyl sites for hydroxylation is 1. The summed E-state index contributed by atoms with van der Waals surface area (Å²) in [7, 11) is 3.56. The SMILES string of the molecule is CCNC(=NCc1ccnn1C)NCC(C)Oc1cccc(OC)c1. The maximum atomic E-state index is 5.92. The molecule has 2 rings (SSSR count). The molecule has 7 heteroatoms. The molecule has 1 unspecified atom stereocenters. The second-order valence-electron chi connectivity index (χ2n) is 5.63. The van der Waals surface area contributed by atoms with Gasteiger partial charge in [-0.05, 0) is 32.0 Å². The molecular formula is C18H27N5O2. The third kappa shape index (κ3) is 6.02. The van der Waals surface area contributed by atoms with E-state index in [9.17, 15) is 0 Å². The lowest BCUT2D eigenvalue weighted by atomic mass is 10.3. The molecule has 0 aliphatic rings. The third-order valence-corrected chi connectivity index (χ3v) is 3.60. The van der Waals surface area contributed by atoms with Crippen LogP contribution in [0.4, 0.5) is 0 Å². The number of guanidine groups is 1. The average molecular weight is 345 g/mol. The first-order valence-electron chi connectivity index (χ1n) is 8.42. The predicted molar refractivity (Wildman–Crippen MR) is 99.1 cm³/mol. The van der Waals surface area contributed by atoms with E-state index in [0.717, 1.165) is 29.7 Å². The minimum absolute atomic E-state index is 0.0207. The van der Waals surface area contributed by atoms with Crippen LogP contribution in [-0.4, -0.2) is 42.0 Å². The molecule has 1 aromatic carbocycles. The topological polar surface area (TPSA) is 72.7 Å². The van der Waals surface area contributed by atoms with Crippen molar-refractivity contribution in [3.63, 3.8) is 0 Å². The Bertz CT molecular complexity index is 684. The highest BCUT2D eigenvalue weighted by molar-refractivity contribution is 5.79. The van der Waals surface area contributed by atoms with Gasteiger partial charge in [0, 0.05) is 25.9 Å². The lowest BCUT2D eigenvalue weighted by Crippen LogP contribution is -2.41. The smallest absolute Gasteiger partial charge is 0.191 e. The molecule has 1 heterocycles. The first-order valence-corrected chi connectivity index (χ1v) is 8.42. The van der Waals surface area contributed by atoms with Gasteiger partial charge >= 0.3 is 0 Å². The first kappa shape index (κ1) is 18.6. The van der Waals surface area contributed by atoms with Crippen molar-refractivity contribution in [1.29, 1.82) is 0 Å². The van der Waals surface area contributed by atoms with Gasteiger partial charge < -0.3 is 20.1 Å². The number of nitrogens with one attached hydrogen (secondary N) is 2. The van der Waals surface area contributed by atoms with Crippen molar-refractivity contribution in [3.8, 4) is 11.5 Å². The number of hydrogen-bond donors (Lipinski definition) is 2. The maximum Gasteiger partial charge on any atom is 0.191 e. The second-order valence-corrected chi connectivity index (χ2v) is 5.63. The maximum absolute atomic E-state index is 5.92. The van der Waals surface area contributed by atoms with E-state index in [4.69, 9.17) is 9.47 Å². The Hall–Kier alpha value is -2.70. The Morgan fingerprint density at radius 2 is 2.08 bits per heavy atom. The Labute approximate surface area is 149 Å². The monoisotopic (exact) mass is 345 g/mol. The Morgan fingerprint density at radius 1 is 1.28 bits per heavy atom. The fraction of sp³-hybridized carbons (Fsp3) is 0.444. The Morgan fingerprint density at radius 3 is 2.76 bits per heavy atom. The molecule has 0 amide bonds. The van der Waals surface area contributed by atoms with Gasteiger partial charge in [-0.1, -0.05) is 6.07 Å². The van der Waals surface area contributed by atoms with Gasteiger partial charge in [-0.2, -0.15) is 5.10 Å². The van der Waals surface area contributed by atoms with Crippen LogP contribution in [0.3, 0.4) is 0 Å². The van der Waals surface area contributed by atoms with Crippen LogP contribution >= 0.6 is 0 Å². The molecule has 0 radical (unpaired) electrons. The van der Waals surface area contributed by atoms with Crippen molar-refractivity contribution >= 4 is 5.96 Å². The Balaban J connectivity index is 1.87. The summed E-state index contributed by atoms with van der Waals surface area (Å²) >= 11 is 0. The van der Waals surface area contributed by atoms with Crippen molar-refractivity contribution in [2.24, 2.45) is 12.0 Å². The summed E-state index contributed by atoms with van der Waals surface area (Å²) in [6, 6.07) is 9.55. The molecule has 25 heavy (non-hydrogen) atoms. The molecule has 1 atom stereocenters. The van der Waals surface area contributed by atoms with E-state index in [-0.39, 0.29) is 6.10 Å². The van der Waals surface area contributed by atoms with E-state index in [1.807, 2.05) is 55.9 Å². The predicted octanol–water partition coefficient (Wildman–Crippen LogP) is 1.95. The van der Waals surface area contributed by atoms with E-state index >= 15 is 0 Å². The minimum atomic E-state index is -0.0207. The van der Waals surface area contributed by atoms with Gasteiger partial charge in [-0.15, -0.1) is 0 Å². The molecule has 0 saturated heterocycles. The molecule has 0 bridgehead atoms. The molecule has 7 nitrogen and oxygen atoms in total. The van der Waals surface area contributed by atoms with Crippen LogP contribution in [0.2, 0.25) is 0 Å². The van der Waals surface area contributed by atoms with Gasteiger partial charge in [0.15, 0.2) is 5.96 Å². The average Bonchev–Trinajstić information content (AvgIpc) is 3.02. The molecule has 0 fully saturated rings. The summed E-state index contributed by atoms with van der Waals surface area (Å²) in [6.45, 7) is 6.04. The van der Waals surface area contributed by atoms with Crippen molar-refractivity contribution < 1.29 is 9.47 Å². The number of ether oxygens (including phenoxy) is 2. The van der Waals surface area contributed by atoms with Gasteiger partial charge in [0.2, 0.25) is 0 Å². The second kappa shape index (κ2) is 9.56. The highest BCUT2D eigenvalue weighted by Gasteiger charge is 2.07. The van der Waals surface area contributed by atoms with Gasteiger partial charge in [-0.3, -0.25) is 4.68 Å². The quantitative estimate of drug-likeness (QED) is 0.565. The first-order chi connectivity index (χ1) is 12.1. The number of aliphatic imine (C=N–C) groups is 1. The molecule has 0 spiro atoms. The minimum Gasteiger partial charge on any atom is -0.497 e. The Kier molecular flexibility index (Phi) is 7.13. The van der Waals surface area contributed by atoms with E-state index in [2.05, 4.69) is 20.7 Å². The molecule has 1 aromatic heterocycles. The summed E-state index contributed by atoms with van der Waals surface area (Å²) in [6.07, 6.45) is 1.75. The van der Waals surface area contributed by atoms with Crippen molar-refractivity contribution in [3.05, 3.63) is 42.2 Å². The van der Waals surface area contributed by atoms with E-state index in [1.165, 1.54) is 0 Å². The standard InChI is InChI=1S/C18H27N5O2/c1-5-19-18(21-13-15-9-10-22-23(15)3)20-12-14(2)25-17-8-6-7-16(11-17)24-4/h6-11,14H,5,12-13H2,1-4H3,(H2,19,20,21). The fourth-order valence-corrected chi connectivity index (χ4v) is 2.25. The van der Waals surface area contributed by atoms with Gasteiger partial charge in [0.05, 0.1) is 25.9 Å². The van der Waals surface area contributed by atoms with Crippen LogP contribution in [0.1, 0.15) is 19.5 Å². The van der Waals surface area contributed by atoms with Gasteiger partial charge in [0.25, 0.3) is 0 Å². The molecule has 0 aliphatic heterocycles. The number of nitrogens with zero attached hydrogens (tertiary/aromatic N) is 3. The number of hydrogen-bond acceptors (Lipinski definition) is 4. The highest BCUT2D eigenvalue weighted by Crippen LogP contribution is 2.19. The summed E-state index contributed by atoms with van der Waals surface area (Å²) in [5, 5.41) is 10.7. The van der Waals surface area contributed by atoms with Gasteiger partial charge in [-0.25, -0.2) is 4.99 Å². The number of rotatable bonds is 8.